The van der Waals surface area contributed by atoms with E-state index in [1.165, 1.54) is 7.11 Å². The van der Waals surface area contributed by atoms with E-state index >= 15 is 0 Å². The molecule has 0 spiro atoms. The van der Waals surface area contributed by atoms with Gasteiger partial charge in [-0.05, 0) is 7.05 Å². The Labute approximate surface area is 113 Å². The molecule has 0 aliphatic rings. The molecule has 0 aromatic heterocycles. The van der Waals surface area contributed by atoms with Gasteiger partial charge in [-0.3, -0.25) is 0 Å². The summed E-state index contributed by atoms with van der Waals surface area (Å²) in [6.07, 6.45) is -1.03. The lowest BCUT2D eigenvalue weighted by Gasteiger charge is -2.17. The van der Waals surface area contributed by atoms with E-state index in [0.717, 1.165) is 6.54 Å². The lowest BCUT2D eigenvalue weighted by atomic mass is 10.3. The number of nitrogens with one attached hydrogen (secondary N) is 2. The Balaban J connectivity index is 3.67. The number of carboxylic acids is 1. The summed E-state index contributed by atoms with van der Waals surface area (Å²) in [7, 11) is 4.83. The van der Waals surface area contributed by atoms with Crippen molar-refractivity contribution < 1.29 is 24.2 Å². The number of hydrogen-bond acceptors (Lipinski definition) is 5. The first-order chi connectivity index (χ1) is 9.01. The standard InChI is InChI=1S/C11H23N3O5/c1-14(6-7-18-2)5-4-12-11(17)13-8-9(19-3)10(15)16/h9H,4-8H2,1-3H3,(H,15,16)(H2,12,13,17). The number of rotatable bonds is 10. The minimum absolute atomic E-state index is 0.0722. The van der Waals surface area contributed by atoms with E-state index in [2.05, 4.69) is 15.4 Å². The Bertz CT molecular complexity index is 275. The van der Waals surface area contributed by atoms with E-state index in [-0.39, 0.29) is 6.54 Å². The highest BCUT2D eigenvalue weighted by Gasteiger charge is 2.16. The van der Waals surface area contributed by atoms with Crippen molar-refractivity contribution in [1.82, 2.24) is 15.5 Å². The Kier molecular flexibility index (Phi) is 9.77. The van der Waals surface area contributed by atoms with Gasteiger partial charge in [-0.1, -0.05) is 0 Å². The van der Waals surface area contributed by atoms with Gasteiger partial charge in [0, 0.05) is 33.9 Å². The second-order valence-electron chi connectivity index (χ2n) is 4.00. The first-order valence-electron chi connectivity index (χ1n) is 5.96. The van der Waals surface area contributed by atoms with Crippen LogP contribution in [0.3, 0.4) is 0 Å². The van der Waals surface area contributed by atoms with Gasteiger partial charge in [0.05, 0.1) is 13.2 Å². The van der Waals surface area contributed by atoms with E-state index in [9.17, 15) is 9.59 Å². The molecule has 0 saturated heterocycles. The van der Waals surface area contributed by atoms with E-state index in [1.54, 1.807) is 7.11 Å². The maximum Gasteiger partial charge on any atom is 0.334 e. The molecule has 0 rings (SSSR count). The molecule has 1 unspecified atom stereocenters. The third-order valence-corrected chi connectivity index (χ3v) is 2.46. The lowest BCUT2D eigenvalue weighted by Crippen LogP contribution is -2.44. The summed E-state index contributed by atoms with van der Waals surface area (Å²) in [6, 6.07) is -0.413. The van der Waals surface area contributed by atoms with Crippen LogP contribution in [0, 0.1) is 0 Å². The van der Waals surface area contributed by atoms with Crippen molar-refractivity contribution in [1.29, 1.82) is 0 Å². The molecule has 0 fully saturated rings. The molecule has 8 heteroatoms. The van der Waals surface area contributed by atoms with Gasteiger partial charge in [-0.25, -0.2) is 9.59 Å². The van der Waals surface area contributed by atoms with Crippen molar-refractivity contribution in [3.63, 3.8) is 0 Å². The fraction of sp³-hybridized carbons (Fsp3) is 0.818. The third kappa shape index (κ3) is 9.23. The van der Waals surface area contributed by atoms with Crippen molar-refractivity contribution in [3.05, 3.63) is 0 Å². The zero-order valence-electron chi connectivity index (χ0n) is 11.6. The number of ether oxygens (including phenoxy) is 2. The molecule has 8 nitrogen and oxygen atoms in total. The minimum Gasteiger partial charge on any atom is -0.479 e. The van der Waals surface area contributed by atoms with Crippen LogP contribution in [0.5, 0.6) is 0 Å². The second-order valence-corrected chi connectivity index (χ2v) is 4.00. The molecule has 0 bridgehead atoms. The summed E-state index contributed by atoms with van der Waals surface area (Å²) in [4.78, 5) is 24.0. The van der Waals surface area contributed by atoms with Gasteiger partial charge in [-0.15, -0.1) is 0 Å². The van der Waals surface area contributed by atoms with Crippen LogP contribution in [0.4, 0.5) is 4.79 Å². The topological polar surface area (TPSA) is 100 Å². The molecule has 0 aromatic carbocycles. The zero-order valence-corrected chi connectivity index (χ0v) is 11.6. The van der Waals surface area contributed by atoms with Crippen LogP contribution < -0.4 is 10.6 Å². The molecule has 1 atom stereocenters. The molecular weight excluding hydrogens is 254 g/mol. The van der Waals surface area contributed by atoms with Crippen LogP contribution in [-0.2, 0) is 14.3 Å². The molecule has 3 N–H and O–H groups in total. The maximum atomic E-state index is 11.4. The predicted molar refractivity (Wildman–Crippen MR) is 69.2 cm³/mol. The van der Waals surface area contributed by atoms with Gasteiger partial charge in [0.1, 0.15) is 0 Å². The SMILES string of the molecule is COCCN(C)CCNC(=O)NCC(OC)C(=O)O. The number of carbonyl (C=O) groups excluding carboxylic acids is 1. The highest BCUT2D eigenvalue weighted by atomic mass is 16.5. The molecule has 2 amide bonds. The molecule has 0 aliphatic heterocycles. The normalized spacial score (nSPS) is 12.2. The van der Waals surface area contributed by atoms with Gasteiger partial charge in [-0.2, -0.15) is 0 Å². The Morgan fingerprint density at radius 3 is 2.47 bits per heavy atom. The number of aliphatic carboxylic acids is 1. The summed E-state index contributed by atoms with van der Waals surface area (Å²) < 4.78 is 9.61. The summed E-state index contributed by atoms with van der Waals surface area (Å²) in [5.74, 6) is -1.11. The van der Waals surface area contributed by atoms with Crippen molar-refractivity contribution in [2.24, 2.45) is 0 Å². The van der Waals surface area contributed by atoms with E-state index in [0.29, 0.717) is 19.7 Å². The van der Waals surface area contributed by atoms with Crippen molar-refractivity contribution in [2.45, 2.75) is 6.10 Å². The number of hydrogen-bond donors (Lipinski definition) is 3. The monoisotopic (exact) mass is 277 g/mol. The molecular formula is C11H23N3O5. The summed E-state index contributed by atoms with van der Waals surface area (Å²) in [5, 5.41) is 13.8. The van der Waals surface area contributed by atoms with Crippen LogP contribution in [0.2, 0.25) is 0 Å². The van der Waals surface area contributed by atoms with Crippen LogP contribution in [0.25, 0.3) is 0 Å². The largest absolute Gasteiger partial charge is 0.479 e. The van der Waals surface area contributed by atoms with Gasteiger partial charge in [0.25, 0.3) is 0 Å². The van der Waals surface area contributed by atoms with Crippen molar-refractivity contribution >= 4 is 12.0 Å². The minimum atomic E-state index is -1.11. The van der Waals surface area contributed by atoms with Gasteiger partial charge >= 0.3 is 12.0 Å². The fourth-order valence-corrected chi connectivity index (χ4v) is 1.24. The first-order valence-corrected chi connectivity index (χ1v) is 5.96. The lowest BCUT2D eigenvalue weighted by molar-refractivity contribution is -0.147. The van der Waals surface area contributed by atoms with Gasteiger partial charge in [0.2, 0.25) is 0 Å². The average molecular weight is 277 g/mol. The first kappa shape index (κ1) is 17.6. The molecule has 0 radical (unpaired) electrons. The summed E-state index contributed by atoms with van der Waals surface area (Å²) >= 11 is 0. The molecule has 19 heavy (non-hydrogen) atoms. The molecule has 0 heterocycles. The Hall–Kier alpha value is -1.38. The van der Waals surface area contributed by atoms with E-state index in [1.807, 2.05) is 11.9 Å². The molecule has 0 aromatic rings. The fourth-order valence-electron chi connectivity index (χ4n) is 1.24. The number of nitrogens with zero attached hydrogens (tertiary/aromatic N) is 1. The second kappa shape index (κ2) is 10.5. The van der Waals surface area contributed by atoms with E-state index in [4.69, 9.17) is 9.84 Å². The quantitative estimate of drug-likeness (QED) is 0.472. The summed E-state index contributed by atoms with van der Waals surface area (Å²) in [6.45, 7) is 2.50. The van der Waals surface area contributed by atoms with Crippen LogP contribution in [0.1, 0.15) is 0 Å². The Morgan fingerprint density at radius 2 is 1.95 bits per heavy atom. The number of carbonyl (C=O) groups is 2. The predicted octanol–water partition coefficient (Wildman–Crippen LogP) is -1.04. The number of likely N-dealkylation sites (N-methyl/N-ethyl adjacent to an activating group) is 1. The average Bonchev–Trinajstić information content (AvgIpc) is 2.36. The van der Waals surface area contributed by atoms with E-state index < -0.39 is 18.1 Å². The van der Waals surface area contributed by atoms with Gasteiger partial charge < -0.3 is 30.1 Å². The zero-order chi connectivity index (χ0) is 14.7. The molecule has 0 saturated carbocycles. The number of urea groups is 1. The summed E-state index contributed by atoms with van der Waals surface area (Å²) in [5.41, 5.74) is 0. The molecule has 112 valence electrons. The molecule has 0 aliphatic carbocycles. The highest BCUT2D eigenvalue weighted by molar-refractivity contribution is 5.76. The van der Waals surface area contributed by atoms with Crippen LogP contribution >= 0.6 is 0 Å². The maximum absolute atomic E-state index is 11.4. The van der Waals surface area contributed by atoms with Crippen molar-refractivity contribution in [3.8, 4) is 0 Å². The number of amides is 2. The number of carboxylic acid groups (broad SMARTS) is 1. The van der Waals surface area contributed by atoms with Gasteiger partial charge in [0.15, 0.2) is 6.10 Å². The van der Waals surface area contributed by atoms with Crippen LogP contribution in [-0.4, -0.2) is 82.2 Å². The van der Waals surface area contributed by atoms with Crippen LogP contribution in [0.15, 0.2) is 0 Å². The van der Waals surface area contributed by atoms with Crippen molar-refractivity contribution in [2.75, 3.05) is 54.1 Å². The Morgan fingerprint density at radius 1 is 1.26 bits per heavy atom. The highest BCUT2D eigenvalue weighted by Crippen LogP contribution is 1.87. The number of methoxy groups -OCH3 is 2. The third-order valence-electron chi connectivity index (χ3n) is 2.46. The smallest absolute Gasteiger partial charge is 0.334 e.